The fourth-order valence-corrected chi connectivity index (χ4v) is 1.91. The van der Waals surface area contributed by atoms with Crippen LogP contribution < -0.4 is 0 Å². The molecule has 0 aliphatic carbocycles. The molecule has 0 saturated heterocycles. The maximum Gasteiger partial charge on any atom is 0.0988 e. The van der Waals surface area contributed by atoms with Gasteiger partial charge in [0.1, 0.15) is 0 Å². The molecule has 0 bridgehead atoms. The van der Waals surface area contributed by atoms with E-state index in [1.54, 1.807) is 7.11 Å². The summed E-state index contributed by atoms with van der Waals surface area (Å²) in [5.74, 6) is 0. The molecular formula is C11H15IO. The summed E-state index contributed by atoms with van der Waals surface area (Å²) in [4.78, 5) is 0. The lowest BCUT2D eigenvalue weighted by Crippen LogP contribution is -2.25. The summed E-state index contributed by atoms with van der Waals surface area (Å²) in [5, 5.41) is 0. The number of benzene rings is 1. The number of aryl methyl sites for hydroxylation is 1. The Balaban J connectivity index is 2.99. The van der Waals surface area contributed by atoms with Gasteiger partial charge in [-0.2, -0.15) is 0 Å². The zero-order chi connectivity index (χ0) is 9.90. The van der Waals surface area contributed by atoms with Crippen LogP contribution in [0.3, 0.4) is 0 Å². The quantitative estimate of drug-likeness (QED) is 0.613. The van der Waals surface area contributed by atoms with Gasteiger partial charge in [-0.15, -0.1) is 0 Å². The van der Waals surface area contributed by atoms with E-state index >= 15 is 0 Å². The van der Waals surface area contributed by atoms with Gasteiger partial charge in [0.2, 0.25) is 0 Å². The molecule has 1 rings (SSSR count). The Hall–Kier alpha value is -0.0900. The molecule has 0 fully saturated rings. The highest BCUT2D eigenvalue weighted by Crippen LogP contribution is 2.26. The highest BCUT2D eigenvalue weighted by atomic mass is 127. The molecule has 1 aromatic carbocycles. The highest BCUT2D eigenvalue weighted by Gasteiger charge is 2.23. The summed E-state index contributed by atoms with van der Waals surface area (Å²) in [5.41, 5.74) is 2.39. The summed E-state index contributed by atoms with van der Waals surface area (Å²) < 4.78 is 6.47. The van der Waals surface area contributed by atoms with Crippen LogP contribution in [0.5, 0.6) is 0 Å². The van der Waals surface area contributed by atoms with Crippen LogP contribution in [0.2, 0.25) is 0 Å². The molecule has 0 aromatic heterocycles. The molecule has 0 radical (unpaired) electrons. The van der Waals surface area contributed by atoms with Crippen LogP contribution in [0.15, 0.2) is 24.3 Å². The number of hydrogen-bond acceptors (Lipinski definition) is 1. The van der Waals surface area contributed by atoms with Crippen LogP contribution in [-0.2, 0) is 10.3 Å². The van der Waals surface area contributed by atoms with Gasteiger partial charge in [0.05, 0.1) is 5.60 Å². The number of methoxy groups -OCH3 is 1. The standard InChI is InChI=1S/C11H15IO/c1-9-4-6-10(7-5-9)11(2,8-12)13-3/h4-7H,8H2,1-3H3. The average Bonchev–Trinajstić information content (AvgIpc) is 2.18. The first-order chi connectivity index (χ1) is 6.12. The lowest BCUT2D eigenvalue weighted by molar-refractivity contribution is 0.0263. The van der Waals surface area contributed by atoms with E-state index in [0.717, 1.165) is 4.43 Å². The van der Waals surface area contributed by atoms with E-state index in [0.29, 0.717) is 0 Å². The molecule has 0 aliphatic rings. The first-order valence-electron chi connectivity index (χ1n) is 4.30. The fourth-order valence-electron chi connectivity index (χ4n) is 1.16. The van der Waals surface area contributed by atoms with E-state index in [9.17, 15) is 0 Å². The van der Waals surface area contributed by atoms with E-state index in [4.69, 9.17) is 4.74 Å². The Morgan fingerprint density at radius 2 is 1.85 bits per heavy atom. The minimum atomic E-state index is -0.145. The summed E-state index contributed by atoms with van der Waals surface area (Å²) in [7, 11) is 1.76. The smallest absolute Gasteiger partial charge is 0.0988 e. The second-order valence-corrected chi connectivity index (χ2v) is 4.20. The van der Waals surface area contributed by atoms with Gasteiger partial charge >= 0.3 is 0 Å². The second kappa shape index (κ2) is 4.42. The van der Waals surface area contributed by atoms with Gasteiger partial charge in [-0.1, -0.05) is 52.4 Å². The van der Waals surface area contributed by atoms with E-state index < -0.39 is 0 Å². The first-order valence-corrected chi connectivity index (χ1v) is 5.83. The maximum absolute atomic E-state index is 5.51. The normalized spacial score (nSPS) is 15.4. The number of rotatable bonds is 3. The number of alkyl halides is 1. The summed E-state index contributed by atoms with van der Waals surface area (Å²) in [6, 6.07) is 8.52. The highest BCUT2D eigenvalue weighted by molar-refractivity contribution is 14.1. The largest absolute Gasteiger partial charge is 0.373 e. The van der Waals surface area contributed by atoms with Crippen LogP contribution in [0.1, 0.15) is 18.1 Å². The molecule has 1 aromatic rings. The van der Waals surface area contributed by atoms with Crippen LogP contribution >= 0.6 is 22.6 Å². The Kier molecular flexibility index (Phi) is 3.74. The molecule has 0 N–H and O–H groups in total. The molecule has 0 amide bonds. The van der Waals surface area contributed by atoms with Crippen LogP contribution in [0.4, 0.5) is 0 Å². The maximum atomic E-state index is 5.51. The Labute approximate surface area is 93.6 Å². The van der Waals surface area contributed by atoms with Crippen molar-refractivity contribution in [3.05, 3.63) is 35.4 Å². The molecular weight excluding hydrogens is 275 g/mol. The molecule has 0 spiro atoms. The Bertz CT molecular complexity index is 262. The van der Waals surface area contributed by atoms with Crippen molar-refractivity contribution in [3.63, 3.8) is 0 Å². The van der Waals surface area contributed by atoms with Crippen molar-refractivity contribution in [2.45, 2.75) is 19.4 Å². The van der Waals surface area contributed by atoms with Crippen molar-refractivity contribution in [3.8, 4) is 0 Å². The van der Waals surface area contributed by atoms with E-state index in [1.807, 2.05) is 0 Å². The van der Waals surface area contributed by atoms with Crippen LogP contribution in [-0.4, -0.2) is 11.5 Å². The van der Waals surface area contributed by atoms with E-state index in [1.165, 1.54) is 11.1 Å². The van der Waals surface area contributed by atoms with Crippen molar-refractivity contribution in [1.82, 2.24) is 0 Å². The first kappa shape index (κ1) is 11.0. The van der Waals surface area contributed by atoms with Crippen LogP contribution in [0, 0.1) is 6.92 Å². The number of ether oxygens (including phenoxy) is 1. The summed E-state index contributed by atoms with van der Waals surface area (Å²) in [6.07, 6.45) is 0. The molecule has 2 heteroatoms. The topological polar surface area (TPSA) is 9.23 Å². The summed E-state index contributed by atoms with van der Waals surface area (Å²) in [6.45, 7) is 4.21. The lowest BCUT2D eigenvalue weighted by atomic mass is 9.97. The fraction of sp³-hybridized carbons (Fsp3) is 0.455. The van der Waals surface area contributed by atoms with Crippen molar-refractivity contribution in [1.29, 1.82) is 0 Å². The molecule has 0 saturated carbocycles. The minimum absolute atomic E-state index is 0.145. The van der Waals surface area contributed by atoms with Gasteiger partial charge in [-0.3, -0.25) is 0 Å². The van der Waals surface area contributed by atoms with Gasteiger partial charge in [-0.25, -0.2) is 0 Å². The van der Waals surface area contributed by atoms with E-state index in [2.05, 4.69) is 60.7 Å². The number of halogens is 1. The third kappa shape index (κ3) is 2.44. The second-order valence-electron chi connectivity index (χ2n) is 3.43. The van der Waals surface area contributed by atoms with Gasteiger partial charge in [0.15, 0.2) is 0 Å². The number of hydrogen-bond donors (Lipinski definition) is 0. The third-order valence-electron chi connectivity index (χ3n) is 2.37. The summed E-state index contributed by atoms with van der Waals surface area (Å²) >= 11 is 2.35. The van der Waals surface area contributed by atoms with Gasteiger partial charge in [0, 0.05) is 11.5 Å². The van der Waals surface area contributed by atoms with Crippen molar-refractivity contribution < 1.29 is 4.74 Å². The SMILES string of the molecule is COC(C)(CI)c1ccc(C)cc1. The average molecular weight is 290 g/mol. The van der Waals surface area contributed by atoms with Crippen LogP contribution in [0.25, 0.3) is 0 Å². The molecule has 1 nitrogen and oxygen atoms in total. The predicted octanol–water partition coefficient (Wildman–Crippen LogP) is 3.29. The molecule has 1 atom stereocenters. The molecule has 1 unspecified atom stereocenters. The van der Waals surface area contributed by atoms with Crippen molar-refractivity contribution >= 4 is 22.6 Å². The molecule has 72 valence electrons. The van der Waals surface area contributed by atoms with E-state index in [-0.39, 0.29) is 5.60 Å². The van der Waals surface area contributed by atoms with Crippen molar-refractivity contribution in [2.24, 2.45) is 0 Å². The van der Waals surface area contributed by atoms with Gasteiger partial charge in [-0.05, 0) is 19.4 Å². The minimum Gasteiger partial charge on any atom is -0.373 e. The molecule has 13 heavy (non-hydrogen) atoms. The Morgan fingerprint density at radius 1 is 1.31 bits per heavy atom. The monoisotopic (exact) mass is 290 g/mol. The third-order valence-corrected chi connectivity index (χ3v) is 3.82. The van der Waals surface area contributed by atoms with Gasteiger partial charge < -0.3 is 4.74 Å². The van der Waals surface area contributed by atoms with Crippen molar-refractivity contribution in [2.75, 3.05) is 11.5 Å². The predicted molar refractivity (Wildman–Crippen MR) is 64.4 cm³/mol. The molecule has 0 aliphatic heterocycles. The Morgan fingerprint density at radius 3 is 2.23 bits per heavy atom. The lowest BCUT2D eigenvalue weighted by Gasteiger charge is -2.26. The molecule has 0 heterocycles. The zero-order valence-corrected chi connectivity index (χ0v) is 10.5. The van der Waals surface area contributed by atoms with Gasteiger partial charge in [0.25, 0.3) is 0 Å². The zero-order valence-electron chi connectivity index (χ0n) is 8.30.